The van der Waals surface area contributed by atoms with Crippen LogP contribution in [-0.4, -0.2) is 27.4 Å². The summed E-state index contributed by atoms with van der Waals surface area (Å²) in [6.45, 7) is 2.05. The number of carbonyl (C=O) groups is 1. The Morgan fingerprint density at radius 3 is 2.38 bits per heavy atom. The third kappa shape index (κ3) is 4.70. The van der Waals surface area contributed by atoms with Gasteiger partial charge >= 0.3 is 0 Å². The quantitative estimate of drug-likeness (QED) is 0.749. The Bertz CT molecular complexity index is 837. The molecule has 0 aliphatic rings. The maximum Gasteiger partial charge on any atom is 0.252 e. The SMILES string of the molecule is Cc1ccc(S(=O)(=O)NCCNC(=O)c2cccc(Cl)c2Cl)cc1. The Balaban J connectivity index is 1.89. The summed E-state index contributed by atoms with van der Waals surface area (Å²) in [7, 11) is -3.60. The summed E-state index contributed by atoms with van der Waals surface area (Å²) in [5.74, 6) is -0.419. The first-order chi connectivity index (χ1) is 11.3. The van der Waals surface area contributed by atoms with Gasteiger partial charge in [0.05, 0.1) is 20.5 Å². The highest BCUT2D eigenvalue weighted by Crippen LogP contribution is 2.25. The maximum absolute atomic E-state index is 12.1. The summed E-state index contributed by atoms with van der Waals surface area (Å²) >= 11 is 11.8. The van der Waals surface area contributed by atoms with Gasteiger partial charge in [-0.15, -0.1) is 0 Å². The molecular formula is C16H16Cl2N2O3S. The van der Waals surface area contributed by atoms with Crippen molar-refractivity contribution in [1.29, 1.82) is 0 Å². The Kier molecular flexibility index (Phi) is 6.23. The summed E-state index contributed by atoms with van der Waals surface area (Å²) < 4.78 is 26.6. The number of hydrogen-bond acceptors (Lipinski definition) is 3. The molecule has 2 N–H and O–H groups in total. The van der Waals surface area contributed by atoms with E-state index in [1.165, 1.54) is 12.1 Å². The molecule has 5 nitrogen and oxygen atoms in total. The molecule has 0 heterocycles. The average molecular weight is 387 g/mol. The van der Waals surface area contributed by atoms with Gasteiger partial charge in [0.25, 0.3) is 5.91 Å². The lowest BCUT2D eigenvalue weighted by molar-refractivity contribution is 0.0954. The van der Waals surface area contributed by atoms with Crippen molar-refractivity contribution in [3.63, 3.8) is 0 Å². The van der Waals surface area contributed by atoms with E-state index in [9.17, 15) is 13.2 Å². The molecule has 2 aromatic carbocycles. The molecule has 0 bridgehead atoms. The Labute approximate surface area is 151 Å². The molecule has 8 heteroatoms. The van der Waals surface area contributed by atoms with Gasteiger partial charge in [0.1, 0.15) is 0 Å². The molecule has 2 rings (SSSR count). The van der Waals surface area contributed by atoms with Crippen LogP contribution in [0.2, 0.25) is 10.0 Å². The second kappa shape index (κ2) is 7.98. The summed E-state index contributed by atoms with van der Waals surface area (Å²) in [5, 5.41) is 3.04. The molecule has 0 aromatic heterocycles. The van der Waals surface area contributed by atoms with Crippen LogP contribution in [0.15, 0.2) is 47.4 Å². The highest BCUT2D eigenvalue weighted by Gasteiger charge is 2.14. The molecule has 24 heavy (non-hydrogen) atoms. The molecule has 0 fully saturated rings. The zero-order valence-electron chi connectivity index (χ0n) is 12.8. The number of amides is 1. The van der Waals surface area contributed by atoms with Gasteiger partial charge < -0.3 is 5.32 Å². The molecule has 2 aromatic rings. The van der Waals surface area contributed by atoms with E-state index < -0.39 is 15.9 Å². The van der Waals surface area contributed by atoms with E-state index in [0.717, 1.165) is 5.56 Å². The summed E-state index contributed by atoms with van der Waals surface area (Å²) in [5.41, 5.74) is 1.21. The fourth-order valence-electron chi connectivity index (χ4n) is 1.94. The number of nitrogens with one attached hydrogen (secondary N) is 2. The second-order valence-electron chi connectivity index (χ2n) is 5.07. The number of hydrogen-bond donors (Lipinski definition) is 2. The fraction of sp³-hybridized carbons (Fsp3) is 0.188. The minimum Gasteiger partial charge on any atom is -0.351 e. The largest absolute Gasteiger partial charge is 0.351 e. The lowest BCUT2D eigenvalue weighted by Gasteiger charge is -2.09. The number of carbonyl (C=O) groups excluding carboxylic acids is 1. The van der Waals surface area contributed by atoms with Crippen molar-refractivity contribution >= 4 is 39.1 Å². The van der Waals surface area contributed by atoms with Gasteiger partial charge in [-0.05, 0) is 31.2 Å². The van der Waals surface area contributed by atoms with Crippen molar-refractivity contribution in [2.45, 2.75) is 11.8 Å². The van der Waals surface area contributed by atoms with Gasteiger partial charge in [-0.25, -0.2) is 13.1 Å². The summed E-state index contributed by atoms with van der Waals surface area (Å²) in [4.78, 5) is 12.2. The fourth-order valence-corrected chi connectivity index (χ4v) is 3.35. The molecule has 0 unspecified atom stereocenters. The van der Waals surface area contributed by atoms with E-state index in [4.69, 9.17) is 23.2 Å². The zero-order valence-corrected chi connectivity index (χ0v) is 15.2. The molecule has 128 valence electrons. The van der Waals surface area contributed by atoms with E-state index >= 15 is 0 Å². The Morgan fingerprint density at radius 2 is 1.71 bits per heavy atom. The molecule has 0 atom stereocenters. The van der Waals surface area contributed by atoms with Crippen molar-refractivity contribution in [2.75, 3.05) is 13.1 Å². The van der Waals surface area contributed by atoms with Gasteiger partial charge in [0.2, 0.25) is 10.0 Å². The lowest BCUT2D eigenvalue weighted by Crippen LogP contribution is -2.34. The monoisotopic (exact) mass is 386 g/mol. The van der Waals surface area contributed by atoms with Crippen LogP contribution in [0, 0.1) is 6.92 Å². The van der Waals surface area contributed by atoms with Crippen molar-refractivity contribution in [3.8, 4) is 0 Å². The molecule has 1 amide bonds. The van der Waals surface area contributed by atoms with Gasteiger partial charge in [-0.1, -0.05) is 47.0 Å². The minimum absolute atomic E-state index is 0.0557. The van der Waals surface area contributed by atoms with Gasteiger partial charge in [0, 0.05) is 13.1 Å². The maximum atomic E-state index is 12.1. The number of benzene rings is 2. The highest BCUT2D eigenvalue weighted by molar-refractivity contribution is 7.89. The van der Waals surface area contributed by atoms with Crippen LogP contribution in [0.4, 0.5) is 0 Å². The molecule has 0 aliphatic carbocycles. The molecule has 0 saturated carbocycles. The topological polar surface area (TPSA) is 75.3 Å². The normalized spacial score (nSPS) is 11.3. The highest BCUT2D eigenvalue weighted by atomic mass is 35.5. The number of sulfonamides is 1. The second-order valence-corrected chi connectivity index (χ2v) is 7.62. The molecule has 0 aliphatic heterocycles. The summed E-state index contributed by atoms with van der Waals surface area (Å²) in [6.07, 6.45) is 0. The van der Waals surface area contributed by atoms with Gasteiger partial charge in [-0.2, -0.15) is 0 Å². The first kappa shape index (κ1) is 18.7. The van der Waals surface area contributed by atoms with Crippen LogP contribution < -0.4 is 10.0 Å². The van der Waals surface area contributed by atoms with Crippen LogP contribution in [0.3, 0.4) is 0 Å². The van der Waals surface area contributed by atoms with Crippen molar-refractivity contribution in [1.82, 2.24) is 10.0 Å². The number of halogens is 2. The minimum atomic E-state index is -3.60. The molecular weight excluding hydrogens is 371 g/mol. The first-order valence-corrected chi connectivity index (χ1v) is 9.34. The first-order valence-electron chi connectivity index (χ1n) is 7.10. The number of aryl methyl sites for hydroxylation is 1. The van der Waals surface area contributed by atoms with Crippen LogP contribution in [0.5, 0.6) is 0 Å². The van der Waals surface area contributed by atoms with Gasteiger partial charge in [0.15, 0.2) is 0 Å². The Morgan fingerprint density at radius 1 is 1.04 bits per heavy atom. The molecule has 0 saturated heterocycles. The van der Waals surface area contributed by atoms with E-state index in [2.05, 4.69) is 10.0 Å². The van der Waals surface area contributed by atoms with Crippen molar-refractivity contribution < 1.29 is 13.2 Å². The Hall–Kier alpha value is -1.60. The molecule has 0 spiro atoms. The smallest absolute Gasteiger partial charge is 0.252 e. The van der Waals surface area contributed by atoms with Crippen LogP contribution >= 0.6 is 23.2 Å². The van der Waals surface area contributed by atoms with E-state index in [1.807, 2.05) is 6.92 Å². The number of rotatable bonds is 6. The zero-order chi connectivity index (χ0) is 17.7. The van der Waals surface area contributed by atoms with E-state index in [0.29, 0.717) is 0 Å². The van der Waals surface area contributed by atoms with E-state index in [-0.39, 0.29) is 33.6 Å². The predicted octanol–water partition coefficient (Wildman–Crippen LogP) is 3.01. The van der Waals surface area contributed by atoms with Crippen LogP contribution in [0.1, 0.15) is 15.9 Å². The standard InChI is InChI=1S/C16H16Cl2N2O3S/c1-11-5-7-12(8-6-11)24(22,23)20-10-9-19-16(21)13-3-2-4-14(17)15(13)18/h2-8,20H,9-10H2,1H3,(H,19,21). The van der Waals surface area contributed by atoms with Crippen LogP contribution in [-0.2, 0) is 10.0 Å². The van der Waals surface area contributed by atoms with Crippen molar-refractivity contribution in [2.24, 2.45) is 0 Å². The summed E-state index contributed by atoms with van der Waals surface area (Å²) in [6, 6.07) is 11.2. The lowest BCUT2D eigenvalue weighted by atomic mass is 10.2. The molecule has 0 radical (unpaired) electrons. The van der Waals surface area contributed by atoms with Gasteiger partial charge in [-0.3, -0.25) is 4.79 Å². The average Bonchev–Trinajstić information content (AvgIpc) is 2.54. The van der Waals surface area contributed by atoms with Crippen molar-refractivity contribution in [3.05, 3.63) is 63.6 Å². The van der Waals surface area contributed by atoms with E-state index in [1.54, 1.807) is 30.3 Å². The van der Waals surface area contributed by atoms with Crippen LogP contribution in [0.25, 0.3) is 0 Å². The third-order valence-corrected chi connectivity index (χ3v) is 5.53. The third-order valence-electron chi connectivity index (χ3n) is 3.23. The predicted molar refractivity (Wildman–Crippen MR) is 95.2 cm³/mol.